The molecule has 2 saturated carbocycles. The summed E-state index contributed by atoms with van der Waals surface area (Å²) in [6, 6.07) is 0. The predicted octanol–water partition coefficient (Wildman–Crippen LogP) is 1.72. The van der Waals surface area contributed by atoms with E-state index in [9.17, 15) is 9.59 Å². The van der Waals surface area contributed by atoms with Gasteiger partial charge in [0.2, 0.25) is 0 Å². The molecule has 0 N–H and O–H groups in total. The molecule has 2 heteroatoms. The molecule has 0 amide bonds. The molecule has 2 fully saturated rings. The molecule has 0 bridgehead atoms. The van der Waals surface area contributed by atoms with Crippen LogP contribution in [0.5, 0.6) is 0 Å². The molecular weight excluding hydrogens is 152 g/mol. The Morgan fingerprint density at radius 1 is 1.08 bits per heavy atom. The van der Waals surface area contributed by atoms with Gasteiger partial charge in [0.25, 0.3) is 0 Å². The third-order valence-corrected chi connectivity index (χ3v) is 3.31. The fourth-order valence-corrected chi connectivity index (χ4v) is 2.18. The minimum absolute atomic E-state index is 0.200. The molecule has 0 heterocycles. The van der Waals surface area contributed by atoms with Crippen LogP contribution < -0.4 is 0 Å². The van der Waals surface area contributed by atoms with Gasteiger partial charge in [0.15, 0.2) is 5.78 Å². The maximum Gasteiger partial charge on any atom is 0.151 e. The zero-order chi connectivity index (χ0) is 8.98. The van der Waals surface area contributed by atoms with E-state index in [0.29, 0.717) is 6.42 Å². The van der Waals surface area contributed by atoms with E-state index in [1.54, 1.807) is 0 Å². The topological polar surface area (TPSA) is 34.1 Å². The summed E-state index contributed by atoms with van der Waals surface area (Å²) < 4.78 is 0. The van der Waals surface area contributed by atoms with Crippen molar-refractivity contribution in [2.75, 3.05) is 0 Å². The standard InChI is InChI=1S/C10H14O2/c1-9(2)4-3-7(11)10(5-6-10)8(9)12/h3-6H2,1-2H3. The molecule has 1 spiro atoms. The smallest absolute Gasteiger partial charge is 0.151 e. The minimum Gasteiger partial charge on any atom is -0.299 e. The maximum atomic E-state index is 11.8. The Labute approximate surface area is 72.3 Å². The van der Waals surface area contributed by atoms with Gasteiger partial charge in [0, 0.05) is 11.8 Å². The summed E-state index contributed by atoms with van der Waals surface area (Å²) in [7, 11) is 0. The van der Waals surface area contributed by atoms with Gasteiger partial charge in [-0.15, -0.1) is 0 Å². The highest BCUT2D eigenvalue weighted by molar-refractivity contribution is 6.13. The third-order valence-electron chi connectivity index (χ3n) is 3.31. The van der Waals surface area contributed by atoms with Gasteiger partial charge in [-0.2, -0.15) is 0 Å². The molecule has 0 aromatic heterocycles. The summed E-state index contributed by atoms with van der Waals surface area (Å²) in [5, 5.41) is 0. The first kappa shape index (κ1) is 7.96. The highest BCUT2D eigenvalue weighted by Gasteiger charge is 2.61. The molecule has 0 aromatic carbocycles. The Morgan fingerprint density at radius 3 is 2.08 bits per heavy atom. The van der Waals surface area contributed by atoms with Crippen molar-refractivity contribution in [3.8, 4) is 0 Å². The monoisotopic (exact) mass is 166 g/mol. The summed E-state index contributed by atoms with van der Waals surface area (Å²) in [4.78, 5) is 23.3. The van der Waals surface area contributed by atoms with Gasteiger partial charge in [-0.3, -0.25) is 9.59 Å². The van der Waals surface area contributed by atoms with E-state index >= 15 is 0 Å². The van der Waals surface area contributed by atoms with E-state index in [0.717, 1.165) is 19.3 Å². The lowest BCUT2D eigenvalue weighted by Crippen LogP contribution is -2.42. The number of ketones is 2. The molecule has 2 aliphatic rings. The van der Waals surface area contributed by atoms with E-state index < -0.39 is 5.41 Å². The van der Waals surface area contributed by atoms with Gasteiger partial charge < -0.3 is 0 Å². The molecule has 2 nitrogen and oxygen atoms in total. The molecule has 0 aromatic rings. The second-order valence-corrected chi connectivity index (χ2v) is 4.72. The fourth-order valence-electron chi connectivity index (χ4n) is 2.18. The molecule has 0 atom stereocenters. The predicted molar refractivity (Wildman–Crippen MR) is 44.7 cm³/mol. The number of carbonyl (C=O) groups is 2. The first-order chi connectivity index (χ1) is 5.49. The number of Topliss-reactive ketones (excluding diaryl/α,β-unsaturated/α-hetero) is 2. The average Bonchev–Trinajstić information content (AvgIpc) is 2.77. The van der Waals surface area contributed by atoms with Gasteiger partial charge in [-0.05, 0) is 19.3 Å². The number of hydrogen-bond acceptors (Lipinski definition) is 2. The third kappa shape index (κ3) is 0.809. The summed E-state index contributed by atoms with van der Waals surface area (Å²) in [6.45, 7) is 3.92. The maximum absolute atomic E-state index is 11.8. The zero-order valence-electron chi connectivity index (χ0n) is 7.64. The normalized spacial score (nSPS) is 30.8. The molecular formula is C10H14O2. The Hall–Kier alpha value is -0.660. The Balaban J connectivity index is 2.34. The number of carbonyl (C=O) groups excluding carboxylic acids is 2. The van der Waals surface area contributed by atoms with Crippen molar-refractivity contribution in [1.82, 2.24) is 0 Å². The zero-order valence-corrected chi connectivity index (χ0v) is 7.64. The number of hydrogen-bond donors (Lipinski definition) is 0. The molecule has 2 aliphatic carbocycles. The van der Waals surface area contributed by atoms with Gasteiger partial charge in [0.1, 0.15) is 5.78 Å². The summed E-state index contributed by atoms with van der Waals surface area (Å²) >= 11 is 0. The van der Waals surface area contributed by atoms with Gasteiger partial charge >= 0.3 is 0 Å². The lowest BCUT2D eigenvalue weighted by molar-refractivity contribution is -0.144. The van der Waals surface area contributed by atoms with Crippen molar-refractivity contribution >= 4 is 11.6 Å². The molecule has 0 unspecified atom stereocenters. The first-order valence-corrected chi connectivity index (χ1v) is 4.57. The Morgan fingerprint density at radius 2 is 1.67 bits per heavy atom. The lowest BCUT2D eigenvalue weighted by atomic mass is 9.68. The minimum atomic E-state index is -0.498. The van der Waals surface area contributed by atoms with E-state index in [4.69, 9.17) is 0 Å². The Bertz CT molecular complexity index is 259. The fraction of sp³-hybridized carbons (Fsp3) is 0.800. The van der Waals surface area contributed by atoms with E-state index in [2.05, 4.69) is 0 Å². The van der Waals surface area contributed by atoms with Crippen molar-refractivity contribution in [1.29, 1.82) is 0 Å². The Kier molecular flexibility index (Phi) is 1.31. The van der Waals surface area contributed by atoms with Gasteiger partial charge in [0.05, 0.1) is 5.41 Å². The number of rotatable bonds is 0. The SMILES string of the molecule is CC1(C)CCC(=O)C2(CC2)C1=O. The van der Waals surface area contributed by atoms with Gasteiger partial charge in [-0.1, -0.05) is 13.8 Å². The quantitative estimate of drug-likeness (QED) is 0.513. The molecule has 0 aliphatic heterocycles. The second kappa shape index (κ2) is 1.98. The molecule has 66 valence electrons. The summed E-state index contributed by atoms with van der Waals surface area (Å²) in [5.41, 5.74) is -0.744. The largest absolute Gasteiger partial charge is 0.299 e. The van der Waals surface area contributed by atoms with Crippen LogP contribution in [0.15, 0.2) is 0 Å². The first-order valence-electron chi connectivity index (χ1n) is 4.57. The summed E-state index contributed by atoms with van der Waals surface area (Å²) in [5.74, 6) is 0.401. The second-order valence-electron chi connectivity index (χ2n) is 4.72. The van der Waals surface area contributed by atoms with Crippen LogP contribution in [0.3, 0.4) is 0 Å². The van der Waals surface area contributed by atoms with Gasteiger partial charge in [-0.25, -0.2) is 0 Å². The van der Waals surface area contributed by atoms with Crippen LogP contribution in [-0.2, 0) is 9.59 Å². The molecule has 12 heavy (non-hydrogen) atoms. The highest BCUT2D eigenvalue weighted by Crippen LogP contribution is 2.55. The van der Waals surface area contributed by atoms with E-state index in [1.807, 2.05) is 13.8 Å². The highest BCUT2D eigenvalue weighted by atomic mass is 16.2. The van der Waals surface area contributed by atoms with Crippen LogP contribution in [0.1, 0.15) is 39.5 Å². The van der Waals surface area contributed by atoms with Crippen molar-refractivity contribution in [3.05, 3.63) is 0 Å². The van der Waals surface area contributed by atoms with Crippen molar-refractivity contribution in [2.45, 2.75) is 39.5 Å². The van der Waals surface area contributed by atoms with Crippen LogP contribution in [0.2, 0.25) is 0 Å². The lowest BCUT2D eigenvalue weighted by Gasteiger charge is -2.32. The van der Waals surface area contributed by atoms with Crippen LogP contribution in [0.25, 0.3) is 0 Å². The molecule has 0 radical (unpaired) electrons. The van der Waals surface area contributed by atoms with Crippen LogP contribution in [0.4, 0.5) is 0 Å². The molecule has 0 saturated heterocycles. The van der Waals surface area contributed by atoms with Crippen LogP contribution in [0, 0.1) is 10.8 Å². The van der Waals surface area contributed by atoms with E-state index in [-0.39, 0.29) is 17.0 Å². The van der Waals surface area contributed by atoms with Crippen LogP contribution >= 0.6 is 0 Å². The van der Waals surface area contributed by atoms with Crippen molar-refractivity contribution in [3.63, 3.8) is 0 Å². The van der Waals surface area contributed by atoms with Crippen molar-refractivity contribution < 1.29 is 9.59 Å². The molecule has 2 rings (SSSR count). The van der Waals surface area contributed by atoms with Crippen LogP contribution in [-0.4, -0.2) is 11.6 Å². The van der Waals surface area contributed by atoms with Crippen molar-refractivity contribution in [2.24, 2.45) is 10.8 Å². The summed E-state index contributed by atoms with van der Waals surface area (Å²) in [6.07, 6.45) is 2.98. The van der Waals surface area contributed by atoms with E-state index in [1.165, 1.54) is 0 Å². The average molecular weight is 166 g/mol.